The van der Waals surface area contributed by atoms with Gasteiger partial charge in [-0.15, -0.1) is 10.2 Å². The number of fused-ring (bicyclic) bond motifs is 2. The molecule has 0 bridgehead atoms. The van der Waals surface area contributed by atoms with Gasteiger partial charge in [-0.2, -0.15) is 0 Å². The summed E-state index contributed by atoms with van der Waals surface area (Å²) in [6.45, 7) is 0.624. The Balaban J connectivity index is 1.74. The molecule has 7 heteroatoms. The maximum Gasteiger partial charge on any atom is 0.308 e. The average Bonchev–Trinajstić information content (AvgIpc) is 3.12. The number of rotatable bonds is 2. The van der Waals surface area contributed by atoms with Crippen molar-refractivity contribution >= 4 is 5.97 Å². The predicted molar refractivity (Wildman–Crippen MR) is 71.0 cm³/mol. The van der Waals surface area contributed by atoms with E-state index in [1.165, 1.54) is 0 Å². The van der Waals surface area contributed by atoms with E-state index < -0.39 is 5.97 Å². The number of benzene rings is 1. The topological polar surface area (TPSA) is 86.5 Å². The highest BCUT2D eigenvalue weighted by molar-refractivity contribution is 5.70. The summed E-state index contributed by atoms with van der Waals surface area (Å²) in [7, 11) is 0. The number of aryl methyl sites for hydroxylation is 1. The van der Waals surface area contributed by atoms with Gasteiger partial charge in [-0.25, -0.2) is 0 Å². The molecule has 1 aromatic heterocycles. The molecule has 2 aromatic rings. The first-order valence-corrected chi connectivity index (χ1v) is 6.77. The van der Waals surface area contributed by atoms with Crippen LogP contribution in [0.3, 0.4) is 0 Å². The number of aromatic nitrogens is 3. The first-order chi connectivity index (χ1) is 10.2. The van der Waals surface area contributed by atoms with Crippen LogP contribution in [-0.4, -0.2) is 32.6 Å². The Morgan fingerprint density at radius 3 is 3.00 bits per heavy atom. The van der Waals surface area contributed by atoms with Crippen molar-refractivity contribution in [2.75, 3.05) is 6.79 Å². The monoisotopic (exact) mass is 287 g/mol. The van der Waals surface area contributed by atoms with Gasteiger partial charge in [-0.3, -0.25) is 4.79 Å². The van der Waals surface area contributed by atoms with Gasteiger partial charge >= 0.3 is 5.97 Å². The highest BCUT2D eigenvalue weighted by atomic mass is 16.7. The minimum atomic E-state index is -0.772. The highest BCUT2D eigenvalue weighted by Crippen LogP contribution is 2.36. The predicted octanol–water partition coefficient (Wildman–Crippen LogP) is 1.32. The third-order valence-corrected chi connectivity index (χ3v) is 3.93. The Bertz CT molecular complexity index is 725. The van der Waals surface area contributed by atoms with E-state index in [2.05, 4.69) is 10.2 Å². The summed E-state index contributed by atoms with van der Waals surface area (Å²) >= 11 is 0. The van der Waals surface area contributed by atoms with E-state index >= 15 is 0 Å². The average molecular weight is 287 g/mol. The highest BCUT2D eigenvalue weighted by Gasteiger charge is 2.28. The van der Waals surface area contributed by atoms with Gasteiger partial charge in [0, 0.05) is 18.5 Å². The Morgan fingerprint density at radius 1 is 1.29 bits per heavy atom. The minimum absolute atomic E-state index is 0.220. The van der Waals surface area contributed by atoms with Crippen LogP contribution in [0, 0.1) is 5.92 Å². The molecule has 4 rings (SSSR count). The van der Waals surface area contributed by atoms with Crippen LogP contribution < -0.4 is 9.47 Å². The quantitative estimate of drug-likeness (QED) is 0.896. The lowest BCUT2D eigenvalue weighted by Crippen LogP contribution is -2.27. The van der Waals surface area contributed by atoms with E-state index in [9.17, 15) is 9.90 Å². The molecule has 0 radical (unpaired) electrons. The van der Waals surface area contributed by atoms with Crippen LogP contribution in [-0.2, 0) is 17.8 Å². The van der Waals surface area contributed by atoms with Crippen molar-refractivity contribution in [2.24, 2.45) is 5.92 Å². The van der Waals surface area contributed by atoms with Crippen LogP contribution in [0.15, 0.2) is 18.2 Å². The van der Waals surface area contributed by atoms with Crippen LogP contribution >= 0.6 is 0 Å². The van der Waals surface area contributed by atoms with Crippen LogP contribution in [0.5, 0.6) is 11.5 Å². The van der Waals surface area contributed by atoms with Crippen molar-refractivity contribution in [3.63, 3.8) is 0 Å². The molecule has 0 saturated carbocycles. The van der Waals surface area contributed by atoms with Crippen LogP contribution in [0.1, 0.15) is 12.2 Å². The zero-order valence-electron chi connectivity index (χ0n) is 11.2. The lowest BCUT2D eigenvalue weighted by molar-refractivity contribution is -0.142. The molecule has 2 aliphatic rings. The van der Waals surface area contributed by atoms with E-state index in [0.29, 0.717) is 36.7 Å². The number of hydrogen-bond acceptors (Lipinski definition) is 5. The van der Waals surface area contributed by atoms with E-state index in [1.807, 2.05) is 22.8 Å². The molecule has 108 valence electrons. The number of carbonyl (C=O) groups is 1. The zero-order chi connectivity index (χ0) is 14.4. The fraction of sp³-hybridized carbons (Fsp3) is 0.357. The smallest absolute Gasteiger partial charge is 0.308 e. The second-order valence-electron chi connectivity index (χ2n) is 5.19. The molecular formula is C14H13N3O4. The summed E-state index contributed by atoms with van der Waals surface area (Å²) in [6, 6.07) is 5.57. The fourth-order valence-corrected chi connectivity index (χ4v) is 2.78. The third kappa shape index (κ3) is 1.93. The normalized spacial score (nSPS) is 19.3. The lowest BCUT2D eigenvalue weighted by Gasteiger charge is -2.21. The molecule has 1 atom stereocenters. The summed E-state index contributed by atoms with van der Waals surface area (Å²) in [5.74, 6) is 1.73. The second kappa shape index (κ2) is 4.47. The van der Waals surface area contributed by atoms with E-state index in [1.54, 1.807) is 0 Å². The molecule has 0 fully saturated rings. The van der Waals surface area contributed by atoms with Crippen LogP contribution in [0.4, 0.5) is 0 Å². The standard InChI is InChI=1S/C14H13N3O4/c18-14(19)9-2-4-12-15-16-13(17(12)6-9)8-1-3-10-11(5-8)21-7-20-10/h1,3,5,9H,2,4,6-7H2,(H,18,19). The molecule has 1 aromatic carbocycles. The summed E-state index contributed by atoms with van der Waals surface area (Å²) in [6.07, 6.45) is 1.24. The van der Waals surface area contributed by atoms with Gasteiger partial charge < -0.3 is 19.1 Å². The number of carboxylic acids is 1. The molecule has 3 heterocycles. The second-order valence-corrected chi connectivity index (χ2v) is 5.19. The van der Waals surface area contributed by atoms with Gasteiger partial charge in [0.25, 0.3) is 0 Å². The molecule has 0 aliphatic carbocycles. The molecule has 21 heavy (non-hydrogen) atoms. The first-order valence-electron chi connectivity index (χ1n) is 6.77. The lowest BCUT2D eigenvalue weighted by atomic mass is 9.99. The Morgan fingerprint density at radius 2 is 2.14 bits per heavy atom. The van der Waals surface area contributed by atoms with Gasteiger partial charge in [-0.05, 0) is 24.6 Å². The van der Waals surface area contributed by atoms with Crippen molar-refractivity contribution in [3.05, 3.63) is 24.0 Å². The third-order valence-electron chi connectivity index (χ3n) is 3.93. The molecule has 1 N–H and O–H groups in total. The molecule has 0 saturated heterocycles. The number of nitrogens with zero attached hydrogens (tertiary/aromatic N) is 3. The van der Waals surface area contributed by atoms with Gasteiger partial charge in [0.2, 0.25) is 6.79 Å². The van der Waals surface area contributed by atoms with Gasteiger partial charge in [0.1, 0.15) is 5.82 Å². The van der Waals surface area contributed by atoms with Crippen LogP contribution in [0.25, 0.3) is 11.4 Å². The summed E-state index contributed by atoms with van der Waals surface area (Å²) in [4.78, 5) is 11.2. The molecule has 1 unspecified atom stereocenters. The Labute approximate surface area is 120 Å². The van der Waals surface area contributed by atoms with Gasteiger partial charge in [-0.1, -0.05) is 0 Å². The zero-order valence-corrected chi connectivity index (χ0v) is 11.2. The van der Waals surface area contributed by atoms with Crippen LogP contribution in [0.2, 0.25) is 0 Å². The maximum atomic E-state index is 11.2. The van der Waals surface area contributed by atoms with E-state index in [-0.39, 0.29) is 12.7 Å². The minimum Gasteiger partial charge on any atom is -0.481 e. The van der Waals surface area contributed by atoms with E-state index in [4.69, 9.17) is 9.47 Å². The number of carboxylic acid groups (broad SMARTS) is 1. The van der Waals surface area contributed by atoms with Crippen molar-refractivity contribution in [3.8, 4) is 22.9 Å². The molecular weight excluding hydrogens is 274 g/mol. The van der Waals surface area contributed by atoms with Crippen molar-refractivity contribution in [2.45, 2.75) is 19.4 Å². The van der Waals surface area contributed by atoms with E-state index in [0.717, 1.165) is 11.4 Å². The molecule has 0 spiro atoms. The summed E-state index contributed by atoms with van der Waals surface area (Å²) in [5, 5.41) is 17.6. The maximum absolute atomic E-state index is 11.2. The number of hydrogen-bond donors (Lipinski definition) is 1. The number of ether oxygens (including phenoxy) is 2. The molecule has 0 amide bonds. The van der Waals surface area contributed by atoms with Crippen molar-refractivity contribution in [1.82, 2.24) is 14.8 Å². The van der Waals surface area contributed by atoms with Crippen molar-refractivity contribution in [1.29, 1.82) is 0 Å². The molecule has 7 nitrogen and oxygen atoms in total. The van der Waals surface area contributed by atoms with Gasteiger partial charge in [0.05, 0.1) is 5.92 Å². The SMILES string of the molecule is O=C(O)C1CCc2nnc(-c3ccc4c(c3)OCO4)n2C1. The Hall–Kier alpha value is -2.57. The largest absolute Gasteiger partial charge is 0.481 e. The molecule has 2 aliphatic heterocycles. The van der Waals surface area contributed by atoms with Gasteiger partial charge in [0.15, 0.2) is 17.3 Å². The summed E-state index contributed by atoms with van der Waals surface area (Å²) < 4.78 is 12.5. The van der Waals surface area contributed by atoms with Crippen molar-refractivity contribution < 1.29 is 19.4 Å². The fourth-order valence-electron chi connectivity index (χ4n) is 2.78. The summed E-state index contributed by atoms with van der Waals surface area (Å²) in [5.41, 5.74) is 0.851. The Kier molecular flexibility index (Phi) is 2.60. The number of aliphatic carboxylic acids is 1. The first kappa shape index (κ1) is 12.2.